The van der Waals surface area contributed by atoms with E-state index in [1.54, 1.807) is 10.4 Å². The predicted octanol–water partition coefficient (Wildman–Crippen LogP) is 4.79. The highest BCUT2D eigenvalue weighted by Gasteiger charge is 2.40. The summed E-state index contributed by atoms with van der Waals surface area (Å²) in [6.45, 7) is 9.29. The molecule has 1 aliphatic heterocycles. The van der Waals surface area contributed by atoms with Crippen LogP contribution < -0.4 is 15.7 Å². The molecule has 0 radical (unpaired) electrons. The quantitative estimate of drug-likeness (QED) is 0.525. The average Bonchev–Trinajstić information content (AvgIpc) is 2.84. The van der Waals surface area contributed by atoms with Crippen LogP contribution in [-0.2, 0) is 17.8 Å². The molecule has 1 aliphatic rings. The first kappa shape index (κ1) is 24.2. The minimum atomic E-state index is -1.74. The third-order valence-corrected chi connectivity index (χ3v) is 11.7. The zero-order valence-electron chi connectivity index (χ0n) is 20.6. The fourth-order valence-electron chi connectivity index (χ4n) is 4.86. The van der Waals surface area contributed by atoms with E-state index in [2.05, 4.69) is 95.1 Å². The molecule has 0 bridgehead atoms. The van der Waals surface area contributed by atoms with Gasteiger partial charge in [0.05, 0.1) is 0 Å². The van der Waals surface area contributed by atoms with E-state index in [0.29, 0.717) is 6.54 Å². The summed E-state index contributed by atoms with van der Waals surface area (Å²) < 4.78 is 5.31. The van der Waals surface area contributed by atoms with Crippen molar-refractivity contribution in [3.05, 3.63) is 96.1 Å². The minimum Gasteiger partial charge on any atom is -0.444 e. The van der Waals surface area contributed by atoms with Crippen molar-refractivity contribution in [1.29, 1.82) is 0 Å². The first-order valence-electron chi connectivity index (χ1n) is 12.2. The Balaban J connectivity index is 1.36. The highest BCUT2D eigenvalue weighted by Crippen LogP contribution is 2.24. The molecule has 0 unspecified atom stereocenters. The van der Waals surface area contributed by atoms with Crippen molar-refractivity contribution in [2.24, 2.45) is 0 Å². The third kappa shape index (κ3) is 6.16. The van der Waals surface area contributed by atoms with Crippen LogP contribution in [0.2, 0.25) is 12.1 Å². The molecule has 3 aromatic rings. The van der Waals surface area contributed by atoms with E-state index in [4.69, 9.17) is 4.74 Å². The summed E-state index contributed by atoms with van der Waals surface area (Å²) in [7, 11) is -1.74. The van der Waals surface area contributed by atoms with Crippen molar-refractivity contribution in [3.8, 4) is 0 Å². The minimum absolute atomic E-state index is 0.380. The number of alkyl carbamates (subject to hydrolysis) is 1. The van der Waals surface area contributed by atoms with Crippen molar-refractivity contribution < 1.29 is 9.53 Å². The summed E-state index contributed by atoms with van der Waals surface area (Å²) >= 11 is 0. The summed E-state index contributed by atoms with van der Waals surface area (Å²) in [6, 6.07) is 33.5. The monoisotopic (exact) mass is 472 g/mol. The number of carbonyl (C=O) groups excluding carboxylic acids is 1. The van der Waals surface area contributed by atoms with Crippen LogP contribution in [0.5, 0.6) is 0 Å². The van der Waals surface area contributed by atoms with Crippen LogP contribution in [0.1, 0.15) is 31.9 Å². The second-order valence-electron chi connectivity index (χ2n) is 10.3. The Morgan fingerprint density at radius 3 is 1.82 bits per heavy atom. The zero-order chi connectivity index (χ0) is 24.0. The average molecular weight is 473 g/mol. The Morgan fingerprint density at radius 1 is 0.824 bits per heavy atom. The van der Waals surface area contributed by atoms with Crippen molar-refractivity contribution in [1.82, 2.24) is 10.2 Å². The first-order chi connectivity index (χ1) is 16.3. The van der Waals surface area contributed by atoms with Gasteiger partial charge in [0.2, 0.25) is 0 Å². The van der Waals surface area contributed by atoms with Gasteiger partial charge >= 0.3 is 6.09 Å². The number of nitrogens with zero attached hydrogens (tertiary/aromatic N) is 1. The highest BCUT2D eigenvalue weighted by atomic mass is 28.3. The van der Waals surface area contributed by atoms with Gasteiger partial charge in [0.1, 0.15) is 13.7 Å². The summed E-state index contributed by atoms with van der Waals surface area (Å²) in [5.74, 6) is 0. The first-order valence-corrected chi connectivity index (χ1v) is 14.6. The molecule has 1 saturated heterocycles. The molecule has 1 N–H and O–H groups in total. The molecule has 0 atom stereocenters. The lowest BCUT2D eigenvalue weighted by molar-refractivity contribution is 0.0523. The summed E-state index contributed by atoms with van der Waals surface area (Å²) in [5, 5.41) is 5.95. The molecular weight excluding hydrogens is 436 g/mol. The number of hydrogen-bond donors (Lipinski definition) is 1. The van der Waals surface area contributed by atoms with Gasteiger partial charge in [0.25, 0.3) is 0 Å². The topological polar surface area (TPSA) is 41.6 Å². The fourth-order valence-corrected chi connectivity index (χ4v) is 9.66. The third-order valence-electron chi connectivity index (χ3n) is 6.63. The van der Waals surface area contributed by atoms with Crippen LogP contribution >= 0.6 is 0 Å². The Morgan fingerprint density at radius 2 is 1.32 bits per heavy atom. The van der Waals surface area contributed by atoms with Gasteiger partial charge in [-0.2, -0.15) is 0 Å². The Labute approximate surface area is 205 Å². The molecule has 1 heterocycles. The number of benzene rings is 3. The highest BCUT2D eigenvalue weighted by molar-refractivity contribution is 7.02. The zero-order valence-corrected chi connectivity index (χ0v) is 21.6. The molecule has 5 heteroatoms. The molecule has 178 valence electrons. The van der Waals surface area contributed by atoms with Crippen LogP contribution in [0.25, 0.3) is 0 Å². The van der Waals surface area contributed by atoms with Crippen LogP contribution in [-0.4, -0.2) is 37.8 Å². The van der Waals surface area contributed by atoms with Gasteiger partial charge in [-0.25, -0.2) is 4.79 Å². The number of rotatable bonds is 6. The standard InChI is InChI=1S/C29H36N2O2Si/c1-29(2,3)33-28(32)30-22-24-14-16-25(17-15-24)23-31-18-20-34(21-19-31,26-10-6-4-7-11-26)27-12-8-5-9-13-27/h4-17H,18-23H2,1-3H3,(H,30,32). The smallest absolute Gasteiger partial charge is 0.407 e. The summed E-state index contributed by atoms with van der Waals surface area (Å²) in [6.07, 6.45) is -0.380. The van der Waals surface area contributed by atoms with E-state index < -0.39 is 13.7 Å². The predicted molar refractivity (Wildman–Crippen MR) is 142 cm³/mol. The number of amides is 1. The lowest BCUT2D eigenvalue weighted by atomic mass is 10.1. The van der Waals surface area contributed by atoms with Crippen molar-refractivity contribution in [2.75, 3.05) is 13.1 Å². The lowest BCUT2D eigenvalue weighted by Crippen LogP contribution is -2.63. The number of hydrogen-bond acceptors (Lipinski definition) is 3. The molecule has 1 fully saturated rings. The summed E-state index contributed by atoms with van der Waals surface area (Å²) in [4.78, 5) is 14.5. The second kappa shape index (κ2) is 10.6. The largest absolute Gasteiger partial charge is 0.444 e. The molecule has 34 heavy (non-hydrogen) atoms. The van der Waals surface area contributed by atoms with Crippen LogP contribution in [0.15, 0.2) is 84.9 Å². The SMILES string of the molecule is CC(C)(C)OC(=O)NCc1ccc(CN2CC[Si](c3ccccc3)(c3ccccc3)CC2)cc1. The normalized spacial score (nSPS) is 16.1. The van der Waals surface area contributed by atoms with Crippen molar-refractivity contribution >= 4 is 24.5 Å². The molecular formula is C29H36N2O2Si. The Hall–Kier alpha value is -2.89. The second-order valence-corrected chi connectivity index (χ2v) is 14.6. The maximum absolute atomic E-state index is 11.9. The number of ether oxygens (including phenoxy) is 1. The fraction of sp³-hybridized carbons (Fsp3) is 0.345. The molecule has 0 saturated carbocycles. The van der Waals surface area contributed by atoms with Crippen molar-refractivity contribution in [2.45, 2.75) is 51.5 Å². The van der Waals surface area contributed by atoms with Crippen LogP contribution in [0, 0.1) is 0 Å². The number of nitrogens with one attached hydrogen (secondary N) is 1. The van der Waals surface area contributed by atoms with Gasteiger partial charge in [-0.1, -0.05) is 95.3 Å². The van der Waals surface area contributed by atoms with E-state index in [0.717, 1.165) is 25.2 Å². The Kier molecular flexibility index (Phi) is 7.54. The molecule has 4 rings (SSSR count). The van der Waals surface area contributed by atoms with E-state index in [-0.39, 0.29) is 6.09 Å². The molecule has 4 nitrogen and oxygen atoms in total. The maximum Gasteiger partial charge on any atom is 0.407 e. The molecule has 3 aromatic carbocycles. The van der Waals surface area contributed by atoms with E-state index in [9.17, 15) is 4.79 Å². The van der Waals surface area contributed by atoms with Crippen LogP contribution in [0.3, 0.4) is 0 Å². The van der Waals surface area contributed by atoms with Crippen molar-refractivity contribution in [3.63, 3.8) is 0 Å². The Bertz CT molecular complexity index is 1010. The van der Waals surface area contributed by atoms with Gasteiger partial charge < -0.3 is 10.1 Å². The molecule has 0 aliphatic carbocycles. The van der Waals surface area contributed by atoms with Crippen LogP contribution in [0.4, 0.5) is 4.79 Å². The molecule has 1 amide bonds. The van der Waals surface area contributed by atoms with Gasteiger partial charge in [0.15, 0.2) is 0 Å². The van der Waals surface area contributed by atoms with E-state index in [1.165, 1.54) is 17.7 Å². The maximum atomic E-state index is 11.9. The molecule has 0 aromatic heterocycles. The summed E-state index contributed by atoms with van der Waals surface area (Å²) in [5.41, 5.74) is 1.91. The van der Waals surface area contributed by atoms with E-state index >= 15 is 0 Å². The lowest BCUT2D eigenvalue weighted by Gasteiger charge is -2.41. The van der Waals surface area contributed by atoms with Gasteiger partial charge in [-0.3, -0.25) is 4.90 Å². The number of carbonyl (C=O) groups is 1. The van der Waals surface area contributed by atoms with E-state index in [1.807, 2.05) is 20.8 Å². The molecule has 0 spiro atoms. The van der Waals surface area contributed by atoms with Gasteiger partial charge in [0, 0.05) is 13.1 Å². The van der Waals surface area contributed by atoms with Gasteiger partial charge in [-0.15, -0.1) is 0 Å². The van der Waals surface area contributed by atoms with Gasteiger partial charge in [-0.05, 0) is 57.1 Å².